The minimum Gasteiger partial charge on any atom is -0.484 e. The summed E-state index contributed by atoms with van der Waals surface area (Å²) in [7, 11) is 0. The smallest absolute Gasteiger partial charge is 0.269 e. The summed E-state index contributed by atoms with van der Waals surface area (Å²) in [6.45, 7) is 3.97. The first-order chi connectivity index (χ1) is 13.9. The first-order valence-electron chi connectivity index (χ1n) is 8.93. The zero-order valence-electron chi connectivity index (χ0n) is 16.0. The molecule has 1 amide bonds. The van der Waals surface area contributed by atoms with E-state index in [0.717, 1.165) is 4.90 Å². The summed E-state index contributed by atoms with van der Waals surface area (Å²) in [5.74, 6) is 0.0873. The van der Waals surface area contributed by atoms with E-state index in [0.29, 0.717) is 11.4 Å². The second kappa shape index (κ2) is 9.25. The SMILES string of the molecule is Cc1ccc(C)c(Sc2ccc(NC(=O)COc3ccc([N+](=O)[O-])cc3)cc2)c1. The predicted octanol–water partition coefficient (Wildman–Crippen LogP) is 5.38. The van der Waals surface area contributed by atoms with E-state index in [1.165, 1.54) is 40.3 Å². The van der Waals surface area contributed by atoms with Crippen LogP contribution in [0, 0.1) is 24.0 Å². The van der Waals surface area contributed by atoms with Crippen molar-refractivity contribution < 1.29 is 14.5 Å². The van der Waals surface area contributed by atoms with Crippen LogP contribution in [-0.4, -0.2) is 17.4 Å². The second-order valence-corrected chi connectivity index (χ2v) is 7.60. The molecule has 0 aliphatic rings. The van der Waals surface area contributed by atoms with E-state index in [-0.39, 0.29) is 18.2 Å². The molecule has 3 rings (SSSR count). The van der Waals surface area contributed by atoms with Gasteiger partial charge in [0.1, 0.15) is 5.75 Å². The number of nitrogens with one attached hydrogen (secondary N) is 1. The normalized spacial score (nSPS) is 10.4. The van der Waals surface area contributed by atoms with Crippen LogP contribution in [0.1, 0.15) is 11.1 Å². The Morgan fingerprint density at radius 2 is 1.72 bits per heavy atom. The van der Waals surface area contributed by atoms with Gasteiger partial charge in [0.25, 0.3) is 11.6 Å². The molecule has 3 aromatic rings. The zero-order valence-corrected chi connectivity index (χ0v) is 16.9. The average Bonchev–Trinajstić information content (AvgIpc) is 2.71. The highest BCUT2D eigenvalue weighted by atomic mass is 32.2. The average molecular weight is 408 g/mol. The summed E-state index contributed by atoms with van der Waals surface area (Å²) in [6.07, 6.45) is 0. The van der Waals surface area contributed by atoms with Crippen LogP contribution in [0.4, 0.5) is 11.4 Å². The minimum absolute atomic E-state index is 0.0272. The van der Waals surface area contributed by atoms with E-state index in [9.17, 15) is 14.9 Å². The van der Waals surface area contributed by atoms with Crippen molar-refractivity contribution >= 4 is 29.0 Å². The molecule has 0 radical (unpaired) electrons. The lowest BCUT2D eigenvalue weighted by Gasteiger charge is -2.09. The number of benzene rings is 3. The van der Waals surface area contributed by atoms with Crippen LogP contribution in [-0.2, 0) is 4.79 Å². The molecule has 0 fully saturated rings. The van der Waals surface area contributed by atoms with E-state index >= 15 is 0 Å². The van der Waals surface area contributed by atoms with Crippen LogP contribution >= 0.6 is 11.8 Å². The number of carbonyl (C=O) groups is 1. The summed E-state index contributed by atoms with van der Waals surface area (Å²) in [4.78, 5) is 24.5. The summed E-state index contributed by atoms with van der Waals surface area (Å²) in [6, 6.07) is 19.6. The number of nitro benzene ring substituents is 1. The summed E-state index contributed by atoms with van der Waals surface area (Å²) in [5, 5.41) is 13.4. The van der Waals surface area contributed by atoms with Crippen molar-refractivity contribution in [3.63, 3.8) is 0 Å². The molecule has 0 saturated carbocycles. The number of amides is 1. The number of aryl methyl sites for hydroxylation is 2. The molecule has 0 aliphatic carbocycles. The maximum absolute atomic E-state index is 12.1. The fourth-order valence-corrected chi connectivity index (χ4v) is 3.56. The lowest BCUT2D eigenvalue weighted by Crippen LogP contribution is -2.20. The van der Waals surface area contributed by atoms with Gasteiger partial charge in [-0.2, -0.15) is 0 Å². The molecule has 0 saturated heterocycles. The highest BCUT2D eigenvalue weighted by molar-refractivity contribution is 7.99. The Bertz CT molecular complexity index is 1020. The van der Waals surface area contributed by atoms with Crippen LogP contribution in [0.15, 0.2) is 76.5 Å². The number of hydrogen-bond donors (Lipinski definition) is 1. The fraction of sp³-hybridized carbons (Fsp3) is 0.136. The van der Waals surface area contributed by atoms with Crippen molar-refractivity contribution in [1.82, 2.24) is 0 Å². The number of rotatable bonds is 7. The maximum Gasteiger partial charge on any atom is 0.269 e. The van der Waals surface area contributed by atoms with Gasteiger partial charge in [-0.3, -0.25) is 14.9 Å². The number of ether oxygens (including phenoxy) is 1. The van der Waals surface area contributed by atoms with Gasteiger partial charge >= 0.3 is 0 Å². The van der Waals surface area contributed by atoms with Crippen molar-refractivity contribution in [2.45, 2.75) is 23.6 Å². The van der Waals surface area contributed by atoms with Crippen molar-refractivity contribution in [3.05, 3.63) is 88.0 Å². The number of nitrogens with zero attached hydrogens (tertiary/aromatic N) is 1. The maximum atomic E-state index is 12.1. The highest BCUT2D eigenvalue weighted by Crippen LogP contribution is 2.31. The minimum atomic E-state index is -0.487. The monoisotopic (exact) mass is 408 g/mol. The van der Waals surface area contributed by atoms with Gasteiger partial charge in [0, 0.05) is 27.6 Å². The van der Waals surface area contributed by atoms with Gasteiger partial charge in [-0.05, 0) is 67.4 Å². The number of hydrogen-bond acceptors (Lipinski definition) is 5. The molecule has 6 nitrogen and oxygen atoms in total. The van der Waals surface area contributed by atoms with Crippen molar-refractivity contribution in [1.29, 1.82) is 0 Å². The van der Waals surface area contributed by atoms with Crippen molar-refractivity contribution in [3.8, 4) is 5.75 Å². The third-order valence-corrected chi connectivity index (χ3v) is 5.29. The van der Waals surface area contributed by atoms with Gasteiger partial charge in [-0.15, -0.1) is 0 Å². The summed E-state index contributed by atoms with van der Waals surface area (Å²) in [5.41, 5.74) is 3.09. The van der Waals surface area contributed by atoms with Gasteiger partial charge in [0.15, 0.2) is 6.61 Å². The van der Waals surface area contributed by atoms with Gasteiger partial charge in [0.2, 0.25) is 0 Å². The topological polar surface area (TPSA) is 81.5 Å². The number of nitro groups is 1. The van der Waals surface area contributed by atoms with Crippen LogP contribution in [0.3, 0.4) is 0 Å². The third-order valence-electron chi connectivity index (χ3n) is 4.13. The van der Waals surface area contributed by atoms with Crippen LogP contribution < -0.4 is 10.1 Å². The van der Waals surface area contributed by atoms with E-state index < -0.39 is 4.92 Å². The van der Waals surface area contributed by atoms with Crippen LogP contribution in [0.5, 0.6) is 5.75 Å². The summed E-state index contributed by atoms with van der Waals surface area (Å²) >= 11 is 1.68. The Kier molecular flexibility index (Phi) is 6.51. The molecule has 7 heteroatoms. The van der Waals surface area contributed by atoms with Gasteiger partial charge < -0.3 is 10.1 Å². The molecule has 0 bridgehead atoms. The Labute approximate surface area is 173 Å². The largest absolute Gasteiger partial charge is 0.484 e. The Morgan fingerprint density at radius 3 is 2.38 bits per heavy atom. The molecular formula is C22H20N2O4S. The molecule has 0 spiro atoms. The van der Waals surface area contributed by atoms with E-state index in [1.54, 1.807) is 11.8 Å². The third kappa shape index (κ3) is 5.83. The molecule has 0 aromatic heterocycles. The summed E-state index contributed by atoms with van der Waals surface area (Å²) < 4.78 is 5.36. The second-order valence-electron chi connectivity index (χ2n) is 6.48. The molecular weight excluding hydrogens is 388 g/mol. The quantitative estimate of drug-likeness (QED) is 0.419. The van der Waals surface area contributed by atoms with E-state index in [1.807, 2.05) is 24.3 Å². The molecule has 1 N–H and O–H groups in total. The molecule has 0 heterocycles. The molecule has 0 atom stereocenters. The van der Waals surface area contributed by atoms with Crippen LogP contribution in [0.2, 0.25) is 0 Å². The fourth-order valence-electron chi connectivity index (χ4n) is 2.56. The lowest BCUT2D eigenvalue weighted by molar-refractivity contribution is -0.384. The van der Waals surface area contributed by atoms with E-state index in [2.05, 4.69) is 37.4 Å². The number of anilines is 1. The number of carbonyl (C=O) groups excluding carboxylic acids is 1. The first kappa shape index (κ1) is 20.4. The highest BCUT2D eigenvalue weighted by Gasteiger charge is 2.08. The predicted molar refractivity (Wildman–Crippen MR) is 114 cm³/mol. The van der Waals surface area contributed by atoms with Crippen LogP contribution in [0.25, 0.3) is 0 Å². The standard InChI is InChI=1S/C22H20N2O4S/c1-15-3-4-16(2)21(13-15)29-20-11-5-17(6-12-20)23-22(25)14-28-19-9-7-18(8-10-19)24(26)27/h3-13H,14H2,1-2H3,(H,23,25). The molecule has 3 aromatic carbocycles. The molecule has 148 valence electrons. The van der Waals surface area contributed by atoms with Gasteiger partial charge in [0.05, 0.1) is 4.92 Å². The van der Waals surface area contributed by atoms with Gasteiger partial charge in [-0.1, -0.05) is 23.9 Å². The Morgan fingerprint density at radius 1 is 1.03 bits per heavy atom. The van der Waals surface area contributed by atoms with E-state index in [4.69, 9.17) is 4.74 Å². The van der Waals surface area contributed by atoms with Crippen molar-refractivity contribution in [2.75, 3.05) is 11.9 Å². The Hall–Kier alpha value is -3.32. The molecule has 0 aliphatic heterocycles. The lowest BCUT2D eigenvalue weighted by atomic mass is 10.2. The zero-order chi connectivity index (χ0) is 20.8. The molecule has 29 heavy (non-hydrogen) atoms. The molecule has 0 unspecified atom stereocenters. The Balaban J connectivity index is 1.53. The van der Waals surface area contributed by atoms with Gasteiger partial charge in [-0.25, -0.2) is 0 Å². The van der Waals surface area contributed by atoms with Crippen molar-refractivity contribution in [2.24, 2.45) is 0 Å². The number of non-ortho nitro benzene ring substituents is 1. The first-order valence-corrected chi connectivity index (χ1v) is 9.74.